The fraction of sp³-hybridized carbons (Fsp3) is 1.00. The molecule has 3 aliphatic rings. The standard InChI is InChI=1S/C12H21NO/c14-9-12(4-5-12)8-13-6-10-2-1-3-11(10)7-13/h10-11,14H,1-9H2. The Kier molecular flexibility index (Phi) is 2.10. The van der Waals surface area contributed by atoms with E-state index < -0.39 is 0 Å². The van der Waals surface area contributed by atoms with Crippen molar-refractivity contribution in [3.63, 3.8) is 0 Å². The van der Waals surface area contributed by atoms with Gasteiger partial charge < -0.3 is 10.0 Å². The molecule has 2 unspecified atom stereocenters. The molecule has 2 atom stereocenters. The van der Waals surface area contributed by atoms with Gasteiger partial charge in [-0.15, -0.1) is 0 Å². The third-order valence-corrected chi connectivity index (χ3v) is 4.65. The highest BCUT2D eigenvalue weighted by molar-refractivity contribution is 4.98. The molecule has 0 aromatic rings. The van der Waals surface area contributed by atoms with Crippen molar-refractivity contribution in [1.29, 1.82) is 0 Å². The molecule has 2 heteroatoms. The van der Waals surface area contributed by atoms with Crippen LogP contribution in [0.4, 0.5) is 0 Å². The van der Waals surface area contributed by atoms with Gasteiger partial charge in [0, 0.05) is 31.7 Å². The lowest BCUT2D eigenvalue weighted by Crippen LogP contribution is -2.31. The molecule has 1 aliphatic heterocycles. The Morgan fingerprint density at radius 3 is 2.29 bits per heavy atom. The topological polar surface area (TPSA) is 23.5 Å². The monoisotopic (exact) mass is 195 g/mol. The van der Waals surface area contributed by atoms with E-state index in [1.807, 2.05) is 0 Å². The highest BCUT2D eigenvalue weighted by Gasteiger charge is 2.46. The van der Waals surface area contributed by atoms with Crippen LogP contribution in [0.5, 0.6) is 0 Å². The molecule has 14 heavy (non-hydrogen) atoms. The summed E-state index contributed by atoms with van der Waals surface area (Å²) in [7, 11) is 0. The van der Waals surface area contributed by atoms with Crippen LogP contribution in [0, 0.1) is 17.3 Å². The molecule has 2 saturated carbocycles. The number of rotatable bonds is 3. The molecule has 2 nitrogen and oxygen atoms in total. The van der Waals surface area contributed by atoms with Crippen LogP contribution in [0.15, 0.2) is 0 Å². The lowest BCUT2D eigenvalue weighted by atomic mass is 10.0. The molecule has 0 spiro atoms. The quantitative estimate of drug-likeness (QED) is 0.737. The molecule has 1 N–H and O–H groups in total. The minimum atomic E-state index is 0.332. The predicted molar refractivity (Wildman–Crippen MR) is 56.0 cm³/mol. The SMILES string of the molecule is OCC1(CN2CC3CCCC3C2)CC1. The average molecular weight is 195 g/mol. The van der Waals surface area contributed by atoms with E-state index in [4.69, 9.17) is 0 Å². The van der Waals surface area contributed by atoms with Crippen LogP contribution < -0.4 is 0 Å². The highest BCUT2D eigenvalue weighted by Crippen LogP contribution is 2.47. The summed E-state index contributed by atoms with van der Waals surface area (Å²) in [6.07, 6.45) is 6.92. The van der Waals surface area contributed by atoms with Crippen molar-refractivity contribution in [2.75, 3.05) is 26.2 Å². The first-order chi connectivity index (χ1) is 6.81. The van der Waals surface area contributed by atoms with Gasteiger partial charge in [0.2, 0.25) is 0 Å². The number of fused-ring (bicyclic) bond motifs is 1. The molecule has 1 heterocycles. The zero-order valence-corrected chi connectivity index (χ0v) is 8.91. The van der Waals surface area contributed by atoms with Gasteiger partial charge >= 0.3 is 0 Å². The van der Waals surface area contributed by atoms with E-state index in [0.29, 0.717) is 12.0 Å². The summed E-state index contributed by atoms with van der Waals surface area (Å²) < 4.78 is 0. The lowest BCUT2D eigenvalue weighted by molar-refractivity contribution is 0.158. The van der Waals surface area contributed by atoms with Crippen LogP contribution in [0.25, 0.3) is 0 Å². The van der Waals surface area contributed by atoms with Crippen molar-refractivity contribution in [1.82, 2.24) is 4.90 Å². The van der Waals surface area contributed by atoms with Gasteiger partial charge in [-0.3, -0.25) is 0 Å². The molecule has 0 radical (unpaired) electrons. The van der Waals surface area contributed by atoms with Crippen molar-refractivity contribution in [2.24, 2.45) is 17.3 Å². The Morgan fingerprint density at radius 1 is 1.14 bits per heavy atom. The number of aliphatic hydroxyl groups excluding tert-OH is 1. The van der Waals surface area contributed by atoms with Gasteiger partial charge in [-0.1, -0.05) is 6.42 Å². The summed E-state index contributed by atoms with van der Waals surface area (Å²) in [5.41, 5.74) is 0.332. The molecule has 3 rings (SSSR count). The second-order valence-electron chi connectivity index (χ2n) is 5.80. The molecule has 0 bridgehead atoms. The summed E-state index contributed by atoms with van der Waals surface area (Å²) in [6, 6.07) is 0. The summed E-state index contributed by atoms with van der Waals surface area (Å²) in [4.78, 5) is 2.62. The van der Waals surface area contributed by atoms with Crippen LogP contribution in [-0.4, -0.2) is 36.2 Å². The van der Waals surface area contributed by atoms with E-state index >= 15 is 0 Å². The van der Waals surface area contributed by atoms with Crippen LogP contribution in [0.3, 0.4) is 0 Å². The van der Waals surface area contributed by atoms with Gasteiger partial charge in [0.15, 0.2) is 0 Å². The zero-order chi connectivity index (χ0) is 9.60. The Balaban J connectivity index is 1.56. The van der Waals surface area contributed by atoms with Crippen molar-refractivity contribution in [2.45, 2.75) is 32.1 Å². The maximum atomic E-state index is 9.29. The molecule has 1 saturated heterocycles. The first kappa shape index (κ1) is 9.17. The summed E-state index contributed by atoms with van der Waals surface area (Å²) >= 11 is 0. The van der Waals surface area contributed by atoms with E-state index in [1.54, 1.807) is 0 Å². The van der Waals surface area contributed by atoms with Gasteiger partial charge in [-0.2, -0.15) is 0 Å². The molecule has 80 valence electrons. The third kappa shape index (κ3) is 1.49. The minimum absolute atomic E-state index is 0.332. The maximum Gasteiger partial charge on any atom is 0.0499 e. The molecule has 0 amide bonds. The minimum Gasteiger partial charge on any atom is -0.396 e. The van der Waals surface area contributed by atoms with Crippen molar-refractivity contribution < 1.29 is 5.11 Å². The van der Waals surface area contributed by atoms with E-state index in [-0.39, 0.29) is 0 Å². The molecular formula is C12H21NO. The molecule has 3 fully saturated rings. The number of nitrogens with zero attached hydrogens (tertiary/aromatic N) is 1. The van der Waals surface area contributed by atoms with Crippen LogP contribution in [0.2, 0.25) is 0 Å². The van der Waals surface area contributed by atoms with E-state index in [9.17, 15) is 5.11 Å². The van der Waals surface area contributed by atoms with E-state index in [0.717, 1.165) is 11.8 Å². The zero-order valence-electron chi connectivity index (χ0n) is 8.91. The predicted octanol–water partition coefficient (Wildman–Crippen LogP) is 1.49. The second kappa shape index (κ2) is 3.21. The van der Waals surface area contributed by atoms with Gasteiger partial charge in [0.05, 0.1) is 0 Å². The highest BCUT2D eigenvalue weighted by atomic mass is 16.3. The summed E-state index contributed by atoms with van der Waals surface area (Å²) in [6.45, 7) is 4.24. The number of aliphatic hydroxyl groups is 1. The van der Waals surface area contributed by atoms with E-state index in [2.05, 4.69) is 4.90 Å². The van der Waals surface area contributed by atoms with Crippen LogP contribution in [0.1, 0.15) is 32.1 Å². The molecule has 0 aromatic heterocycles. The fourth-order valence-corrected chi connectivity index (χ4v) is 3.48. The summed E-state index contributed by atoms with van der Waals surface area (Å²) in [5, 5.41) is 9.29. The van der Waals surface area contributed by atoms with Crippen LogP contribution in [-0.2, 0) is 0 Å². The third-order valence-electron chi connectivity index (χ3n) is 4.65. The largest absolute Gasteiger partial charge is 0.396 e. The lowest BCUT2D eigenvalue weighted by Gasteiger charge is -2.22. The summed E-state index contributed by atoms with van der Waals surface area (Å²) in [5.74, 6) is 2.01. The molecule has 0 aromatic carbocycles. The Morgan fingerprint density at radius 2 is 1.79 bits per heavy atom. The number of hydrogen-bond donors (Lipinski definition) is 1. The van der Waals surface area contributed by atoms with Gasteiger partial charge in [0.1, 0.15) is 0 Å². The molecular weight excluding hydrogens is 174 g/mol. The first-order valence-corrected chi connectivity index (χ1v) is 6.15. The average Bonchev–Trinajstić information content (AvgIpc) is 2.62. The van der Waals surface area contributed by atoms with E-state index in [1.165, 1.54) is 51.7 Å². The first-order valence-electron chi connectivity index (χ1n) is 6.15. The Labute approximate surface area is 86.3 Å². The number of likely N-dealkylation sites (tertiary alicyclic amines) is 1. The number of hydrogen-bond acceptors (Lipinski definition) is 2. The normalized spacial score (nSPS) is 40.1. The fourth-order valence-electron chi connectivity index (χ4n) is 3.48. The second-order valence-corrected chi connectivity index (χ2v) is 5.80. The van der Waals surface area contributed by atoms with Crippen molar-refractivity contribution in [3.8, 4) is 0 Å². The van der Waals surface area contributed by atoms with Crippen molar-refractivity contribution in [3.05, 3.63) is 0 Å². The van der Waals surface area contributed by atoms with Gasteiger partial charge in [-0.05, 0) is 37.5 Å². The van der Waals surface area contributed by atoms with Crippen LogP contribution >= 0.6 is 0 Å². The molecule has 2 aliphatic carbocycles. The van der Waals surface area contributed by atoms with Gasteiger partial charge in [0.25, 0.3) is 0 Å². The Hall–Kier alpha value is -0.0800. The van der Waals surface area contributed by atoms with Gasteiger partial charge in [-0.25, -0.2) is 0 Å². The smallest absolute Gasteiger partial charge is 0.0499 e. The van der Waals surface area contributed by atoms with Crippen molar-refractivity contribution >= 4 is 0 Å². The maximum absolute atomic E-state index is 9.29. The Bertz CT molecular complexity index is 212.